The Morgan fingerprint density at radius 2 is 1.72 bits per heavy atom. The van der Waals surface area contributed by atoms with Gasteiger partial charge in [-0.15, -0.1) is 0 Å². The molecule has 1 rings (SSSR count). The minimum absolute atomic E-state index is 0.0259. The van der Waals surface area contributed by atoms with Gasteiger partial charge in [-0.1, -0.05) is 19.8 Å². The fourth-order valence-electron chi connectivity index (χ4n) is 1.90. The van der Waals surface area contributed by atoms with Crippen LogP contribution in [0, 0.1) is 11.8 Å². The maximum Gasteiger partial charge on any atom is 0.224 e. The highest BCUT2D eigenvalue weighted by Crippen LogP contribution is 2.38. The second-order valence-electron chi connectivity index (χ2n) is 4.73. The van der Waals surface area contributed by atoms with Gasteiger partial charge in [-0.25, -0.2) is 0 Å². The predicted octanol–water partition coefficient (Wildman–Crippen LogP) is 0.692. The zero-order chi connectivity index (χ0) is 13.4. The number of hydrogen-bond donors (Lipinski definition) is 2. The first kappa shape index (κ1) is 15.0. The van der Waals surface area contributed by atoms with Crippen molar-refractivity contribution in [1.82, 2.24) is 10.6 Å². The summed E-state index contributed by atoms with van der Waals surface area (Å²) in [6.07, 6.45) is 3.97. The number of unbranched alkanes of at least 4 members (excludes halogenated alkanes) is 2. The van der Waals surface area contributed by atoms with Crippen molar-refractivity contribution in [2.45, 2.75) is 32.6 Å². The zero-order valence-corrected chi connectivity index (χ0v) is 11.3. The van der Waals surface area contributed by atoms with E-state index >= 15 is 0 Å². The van der Waals surface area contributed by atoms with Gasteiger partial charge in [0.1, 0.15) is 0 Å². The predicted molar refractivity (Wildman–Crippen MR) is 69.0 cm³/mol. The summed E-state index contributed by atoms with van der Waals surface area (Å²) in [5, 5.41) is 5.65. The Bertz CT molecular complexity index is 281. The molecule has 2 atom stereocenters. The quantitative estimate of drug-likeness (QED) is 0.596. The average Bonchev–Trinajstić information content (AvgIpc) is 3.15. The molecule has 2 unspecified atom stereocenters. The van der Waals surface area contributed by atoms with Gasteiger partial charge in [-0.05, 0) is 12.8 Å². The van der Waals surface area contributed by atoms with Crippen molar-refractivity contribution in [3.05, 3.63) is 0 Å². The van der Waals surface area contributed by atoms with Crippen LogP contribution in [0.15, 0.2) is 0 Å². The van der Waals surface area contributed by atoms with E-state index in [4.69, 9.17) is 4.74 Å². The maximum atomic E-state index is 11.7. The van der Waals surface area contributed by atoms with Crippen molar-refractivity contribution >= 4 is 11.8 Å². The molecule has 5 nitrogen and oxygen atoms in total. The van der Waals surface area contributed by atoms with Gasteiger partial charge < -0.3 is 15.4 Å². The Balaban J connectivity index is 2.11. The van der Waals surface area contributed by atoms with Crippen LogP contribution >= 0.6 is 0 Å². The zero-order valence-electron chi connectivity index (χ0n) is 11.3. The second-order valence-corrected chi connectivity index (χ2v) is 4.73. The molecule has 5 heteroatoms. The molecule has 0 aromatic carbocycles. The Labute approximate surface area is 109 Å². The van der Waals surface area contributed by atoms with Gasteiger partial charge in [0.05, 0.1) is 18.4 Å². The Morgan fingerprint density at radius 3 is 2.28 bits per heavy atom. The molecule has 104 valence electrons. The SMILES string of the molecule is CCCCCNC(=O)C1CC1C(=O)NCCOC. The Kier molecular flexibility index (Phi) is 6.72. The van der Waals surface area contributed by atoms with Crippen molar-refractivity contribution in [3.63, 3.8) is 0 Å². The van der Waals surface area contributed by atoms with Crippen LogP contribution in [0.4, 0.5) is 0 Å². The Hall–Kier alpha value is -1.10. The number of methoxy groups -OCH3 is 1. The molecule has 2 amide bonds. The van der Waals surface area contributed by atoms with Crippen LogP contribution in [0.5, 0.6) is 0 Å². The molecule has 0 aromatic heterocycles. The summed E-state index contributed by atoms with van der Waals surface area (Å²) in [7, 11) is 1.59. The molecule has 0 saturated heterocycles. The van der Waals surface area contributed by atoms with Crippen LogP contribution in [0.2, 0.25) is 0 Å². The molecular formula is C13H24N2O3. The summed E-state index contributed by atoms with van der Waals surface area (Å²) < 4.78 is 4.85. The van der Waals surface area contributed by atoms with Crippen LogP contribution < -0.4 is 10.6 Å². The lowest BCUT2D eigenvalue weighted by Crippen LogP contribution is -2.32. The van der Waals surface area contributed by atoms with Crippen molar-refractivity contribution in [2.24, 2.45) is 11.8 Å². The highest BCUT2D eigenvalue weighted by atomic mass is 16.5. The lowest BCUT2D eigenvalue weighted by atomic mass is 10.2. The smallest absolute Gasteiger partial charge is 0.224 e. The van der Waals surface area contributed by atoms with Crippen molar-refractivity contribution in [1.29, 1.82) is 0 Å². The Morgan fingerprint density at radius 1 is 1.11 bits per heavy atom. The minimum Gasteiger partial charge on any atom is -0.383 e. The van der Waals surface area contributed by atoms with E-state index in [2.05, 4.69) is 17.6 Å². The molecule has 1 aliphatic carbocycles. The van der Waals surface area contributed by atoms with E-state index in [1.165, 1.54) is 0 Å². The van der Waals surface area contributed by atoms with Crippen LogP contribution in [-0.4, -0.2) is 38.6 Å². The first-order valence-electron chi connectivity index (χ1n) is 6.75. The normalized spacial score (nSPS) is 21.4. The van der Waals surface area contributed by atoms with Crippen molar-refractivity contribution in [3.8, 4) is 0 Å². The summed E-state index contributed by atoms with van der Waals surface area (Å²) in [6.45, 7) is 3.87. The molecule has 0 spiro atoms. The molecule has 0 aromatic rings. The van der Waals surface area contributed by atoms with Gasteiger partial charge in [0.2, 0.25) is 11.8 Å². The van der Waals surface area contributed by atoms with Crippen LogP contribution in [0.1, 0.15) is 32.6 Å². The first-order chi connectivity index (χ1) is 8.70. The molecule has 0 bridgehead atoms. The van der Waals surface area contributed by atoms with Gasteiger partial charge in [-0.3, -0.25) is 9.59 Å². The summed E-state index contributed by atoms with van der Waals surface area (Å²) in [5.74, 6) is -0.249. The topological polar surface area (TPSA) is 67.4 Å². The number of rotatable bonds is 9. The van der Waals surface area contributed by atoms with E-state index in [0.717, 1.165) is 25.8 Å². The number of carbonyl (C=O) groups is 2. The van der Waals surface area contributed by atoms with Crippen LogP contribution in [-0.2, 0) is 14.3 Å². The minimum atomic E-state index is -0.131. The third-order valence-electron chi connectivity index (χ3n) is 3.15. The van der Waals surface area contributed by atoms with Gasteiger partial charge in [0.25, 0.3) is 0 Å². The highest BCUT2D eigenvalue weighted by molar-refractivity contribution is 5.92. The lowest BCUT2D eigenvalue weighted by Gasteiger charge is -2.05. The fraction of sp³-hybridized carbons (Fsp3) is 0.846. The summed E-state index contributed by atoms with van der Waals surface area (Å²) in [6, 6.07) is 0. The molecule has 1 fully saturated rings. The number of ether oxygens (including phenoxy) is 1. The molecule has 0 radical (unpaired) electrons. The molecule has 1 aliphatic rings. The van der Waals surface area contributed by atoms with E-state index in [1.54, 1.807) is 7.11 Å². The number of amides is 2. The van der Waals surface area contributed by atoms with Gasteiger partial charge in [-0.2, -0.15) is 0 Å². The number of nitrogens with one attached hydrogen (secondary N) is 2. The van der Waals surface area contributed by atoms with E-state index < -0.39 is 0 Å². The second kappa shape index (κ2) is 8.08. The number of carbonyl (C=O) groups excluding carboxylic acids is 2. The monoisotopic (exact) mass is 256 g/mol. The maximum absolute atomic E-state index is 11.7. The third-order valence-corrected chi connectivity index (χ3v) is 3.15. The molecule has 18 heavy (non-hydrogen) atoms. The fourth-order valence-corrected chi connectivity index (χ4v) is 1.90. The highest BCUT2D eigenvalue weighted by Gasteiger charge is 2.47. The largest absolute Gasteiger partial charge is 0.383 e. The van der Waals surface area contributed by atoms with E-state index in [1.807, 2.05) is 0 Å². The van der Waals surface area contributed by atoms with E-state index in [0.29, 0.717) is 19.6 Å². The molecule has 1 saturated carbocycles. The van der Waals surface area contributed by atoms with Gasteiger partial charge in [0, 0.05) is 20.2 Å². The molecular weight excluding hydrogens is 232 g/mol. The van der Waals surface area contributed by atoms with E-state index in [-0.39, 0.29) is 23.7 Å². The molecule has 0 heterocycles. The van der Waals surface area contributed by atoms with Crippen molar-refractivity contribution < 1.29 is 14.3 Å². The third kappa shape index (κ3) is 5.04. The van der Waals surface area contributed by atoms with E-state index in [9.17, 15) is 9.59 Å². The molecule has 2 N–H and O–H groups in total. The summed E-state index contributed by atoms with van der Waals surface area (Å²) in [5.41, 5.74) is 0. The molecule has 0 aliphatic heterocycles. The van der Waals surface area contributed by atoms with Gasteiger partial charge in [0.15, 0.2) is 0 Å². The first-order valence-corrected chi connectivity index (χ1v) is 6.75. The number of hydrogen-bond acceptors (Lipinski definition) is 3. The van der Waals surface area contributed by atoms with Crippen molar-refractivity contribution in [2.75, 3.05) is 26.8 Å². The van der Waals surface area contributed by atoms with Crippen LogP contribution in [0.25, 0.3) is 0 Å². The average molecular weight is 256 g/mol. The lowest BCUT2D eigenvalue weighted by molar-refractivity contribution is -0.127. The van der Waals surface area contributed by atoms with Crippen LogP contribution in [0.3, 0.4) is 0 Å². The summed E-state index contributed by atoms with van der Waals surface area (Å²) >= 11 is 0. The summed E-state index contributed by atoms with van der Waals surface area (Å²) in [4.78, 5) is 23.3. The standard InChI is InChI=1S/C13H24N2O3/c1-3-4-5-6-14-12(16)10-9-11(10)13(17)15-7-8-18-2/h10-11H,3-9H2,1-2H3,(H,14,16)(H,15,17). The van der Waals surface area contributed by atoms with Gasteiger partial charge >= 0.3 is 0 Å².